The minimum Gasteiger partial charge on any atom is -0.276 e. The lowest BCUT2D eigenvalue weighted by Crippen LogP contribution is -1.90. The largest absolute Gasteiger partial charge is 0.276 e. The van der Waals surface area contributed by atoms with E-state index in [1.165, 1.54) is 50.5 Å². The minimum atomic E-state index is -0.318. The Morgan fingerprint density at radius 2 is 1.41 bits per heavy atom. The van der Waals surface area contributed by atoms with Crippen LogP contribution < -0.4 is 0 Å². The van der Waals surface area contributed by atoms with Crippen LogP contribution in [0, 0.1) is 0 Å². The van der Waals surface area contributed by atoms with E-state index in [0.717, 1.165) is 19.3 Å². The van der Waals surface area contributed by atoms with E-state index < -0.39 is 0 Å². The molecule has 0 radical (unpaired) electrons. The van der Waals surface area contributed by atoms with Gasteiger partial charge in [0.25, 0.3) is 0 Å². The number of allylic oxidation sites excluding steroid dienone is 2. The van der Waals surface area contributed by atoms with Crippen LogP contribution in [0.3, 0.4) is 0 Å². The number of hydrogen-bond acceptors (Lipinski definition) is 1. The number of unbranched alkanes of at least 4 members (excludes halogenated alkanes) is 6. The summed E-state index contributed by atoms with van der Waals surface area (Å²) < 4.78 is 0. The molecule has 0 aromatic rings. The first-order chi connectivity index (χ1) is 8.20. The molecule has 0 aliphatic heterocycles. The van der Waals surface area contributed by atoms with Gasteiger partial charge in [-0.05, 0) is 43.4 Å². The summed E-state index contributed by atoms with van der Waals surface area (Å²) in [6.07, 6.45) is 13.8. The third-order valence-electron chi connectivity index (χ3n) is 3.02. The Bertz CT molecular complexity index is 221. The molecule has 0 aromatic carbocycles. The molecule has 0 rings (SSSR count). The Balaban J connectivity index is 3.72. The maximum absolute atomic E-state index is 10.9. The van der Waals surface area contributed by atoms with E-state index in [2.05, 4.69) is 13.8 Å². The second kappa shape index (κ2) is 12.2. The van der Waals surface area contributed by atoms with E-state index in [0.29, 0.717) is 0 Å². The molecule has 0 fully saturated rings. The quantitative estimate of drug-likeness (QED) is 0.267. The van der Waals surface area contributed by atoms with Crippen LogP contribution in [0.25, 0.3) is 0 Å². The maximum Gasteiger partial charge on any atom is 0.245 e. The Morgan fingerprint density at radius 1 is 0.882 bits per heavy atom. The molecule has 0 unspecified atom stereocenters. The van der Waals surface area contributed by atoms with Crippen molar-refractivity contribution in [3.63, 3.8) is 0 Å². The van der Waals surface area contributed by atoms with Gasteiger partial charge in [0.15, 0.2) is 0 Å². The van der Waals surface area contributed by atoms with Crippen LogP contribution >= 0.6 is 11.6 Å². The van der Waals surface area contributed by atoms with Crippen LogP contribution in [0.4, 0.5) is 0 Å². The third-order valence-corrected chi connectivity index (χ3v) is 3.13. The van der Waals surface area contributed by atoms with E-state index >= 15 is 0 Å². The summed E-state index contributed by atoms with van der Waals surface area (Å²) in [7, 11) is 0. The maximum atomic E-state index is 10.9. The summed E-state index contributed by atoms with van der Waals surface area (Å²) >= 11 is 5.42. The molecule has 0 heterocycles. The predicted molar refractivity (Wildman–Crippen MR) is 76.5 cm³/mol. The number of carbonyl (C=O) groups excluding carboxylic acids is 1. The first-order valence-electron chi connectivity index (χ1n) is 7.09. The van der Waals surface area contributed by atoms with Crippen LogP contribution in [0.1, 0.15) is 78.1 Å². The summed E-state index contributed by atoms with van der Waals surface area (Å²) in [5.74, 6) is 0. The van der Waals surface area contributed by atoms with Gasteiger partial charge in [-0.3, -0.25) is 4.79 Å². The minimum absolute atomic E-state index is 0.318. The van der Waals surface area contributed by atoms with Crippen molar-refractivity contribution in [2.24, 2.45) is 0 Å². The highest BCUT2D eigenvalue weighted by Gasteiger charge is 2.00. The molecule has 0 saturated heterocycles. The van der Waals surface area contributed by atoms with Gasteiger partial charge in [0, 0.05) is 0 Å². The normalized spacial score (nSPS) is 11.8. The van der Waals surface area contributed by atoms with Crippen LogP contribution in [-0.2, 0) is 4.79 Å². The van der Waals surface area contributed by atoms with Crippen LogP contribution in [0.2, 0.25) is 0 Å². The van der Waals surface area contributed by atoms with Crippen molar-refractivity contribution in [2.45, 2.75) is 78.1 Å². The zero-order valence-electron chi connectivity index (χ0n) is 11.4. The molecule has 1 nitrogen and oxygen atoms in total. The van der Waals surface area contributed by atoms with Gasteiger partial charge in [-0.2, -0.15) is 0 Å². The van der Waals surface area contributed by atoms with E-state index in [9.17, 15) is 4.79 Å². The van der Waals surface area contributed by atoms with Crippen molar-refractivity contribution < 1.29 is 4.79 Å². The monoisotopic (exact) mass is 258 g/mol. The molecule has 0 aromatic heterocycles. The van der Waals surface area contributed by atoms with Crippen LogP contribution in [0.15, 0.2) is 11.6 Å². The molecule has 100 valence electrons. The molecule has 0 aliphatic carbocycles. The molecule has 0 amide bonds. The van der Waals surface area contributed by atoms with Crippen molar-refractivity contribution >= 4 is 16.8 Å². The SMILES string of the molecule is CCCCCCCC/C(=C/C(=O)Cl)CCCC. The summed E-state index contributed by atoms with van der Waals surface area (Å²) in [6, 6.07) is 0. The standard InChI is InChI=1S/C15H27ClO/c1-3-5-7-8-9-10-12-14(11-6-4-2)13-15(16)17/h13H,3-12H2,1-2H3/b14-13+. The molecule has 0 spiro atoms. The van der Waals surface area contributed by atoms with Crippen molar-refractivity contribution in [3.05, 3.63) is 11.6 Å². The summed E-state index contributed by atoms with van der Waals surface area (Å²) in [5.41, 5.74) is 1.24. The zero-order valence-corrected chi connectivity index (χ0v) is 12.2. The smallest absolute Gasteiger partial charge is 0.245 e. The molecule has 0 saturated carbocycles. The molecule has 0 bridgehead atoms. The Morgan fingerprint density at radius 3 is 2.00 bits per heavy atom. The van der Waals surface area contributed by atoms with Crippen molar-refractivity contribution in [2.75, 3.05) is 0 Å². The van der Waals surface area contributed by atoms with Gasteiger partial charge in [-0.1, -0.05) is 57.9 Å². The van der Waals surface area contributed by atoms with E-state index in [4.69, 9.17) is 11.6 Å². The molecule has 17 heavy (non-hydrogen) atoms. The number of carbonyl (C=O) groups is 1. The summed E-state index contributed by atoms with van der Waals surface area (Å²) in [4.78, 5) is 10.9. The zero-order chi connectivity index (χ0) is 12.9. The highest BCUT2D eigenvalue weighted by atomic mass is 35.5. The lowest BCUT2D eigenvalue weighted by molar-refractivity contribution is -0.107. The third kappa shape index (κ3) is 12.0. The molecular weight excluding hydrogens is 232 g/mol. The average molecular weight is 259 g/mol. The fourth-order valence-electron chi connectivity index (χ4n) is 1.97. The van der Waals surface area contributed by atoms with Crippen LogP contribution in [0.5, 0.6) is 0 Å². The van der Waals surface area contributed by atoms with E-state index in [-0.39, 0.29) is 5.24 Å². The second-order valence-electron chi connectivity index (χ2n) is 4.73. The lowest BCUT2D eigenvalue weighted by atomic mass is 10.0. The van der Waals surface area contributed by atoms with Gasteiger partial charge in [-0.15, -0.1) is 0 Å². The number of halogens is 1. The average Bonchev–Trinajstić information content (AvgIpc) is 2.29. The van der Waals surface area contributed by atoms with Crippen molar-refractivity contribution in [1.82, 2.24) is 0 Å². The molecule has 0 aliphatic rings. The van der Waals surface area contributed by atoms with Gasteiger partial charge in [0.1, 0.15) is 0 Å². The second-order valence-corrected chi connectivity index (χ2v) is 5.10. The van der Waals surface area contributed by atoms with Gasteiger partial charge in [0.2, 0.25) is 5.24 Å². The van der Waals surface area contributed by atoms with Gasteiger partial charge in [-0.25, -0.2) is 0 Å². The lowest BCUT2D eigenvalue weighted by Gasteiger charge is -2.06. The molecule has 0 N–H and O–H groups in total. The van der Waals surface area contributed by atoms with Gasteiger partial charge >= 0.3 is 0 Å². The fraction of sp³-hybridized carbons (Fsp3) is 0.800. The van der Waals surface area contributed by atoms with E-state index in [1.807, 2.05) is 0 Å². The molecular formula is C15H27ClO. The first-order valence-corrected chi connectivity index (χ1v) is 7.47. The highest BCUT2D eigenvalue weighted by molar-refractivity contribution is 6.66. The van der Waals surface area contributed by atoms with Crippen molar-refractivity contribution in [3.8, 4) is 0 Å². The highest BCUT2D eigenvalue weighted by Crippen LogP contribution is 2.17. The Labute approximate surface area is 112 Å². The molecule has 0 atom stereocenters. The molecule has 2 heteroatoms. The van der Waals surface area contributed by atoms with Crippen LogP contribution in [-0.4, -0.2) is 5.24 Å². The van der Waals surface area contributed by atoms with Gasteiger partial charge < -0.3 is 0 Å². The summed E-state index contributed by atoms with van der Waals surface area (Å²) in [5, 5.41) is -0.318. The number of rotatable bonds is 11. The van der Waals surface area contributed by atoms with Crippen molar-refractivity contribution in [1.29, 1.82) is 0 Å². The predicted octanol–water partition coefficient (Wildman–Crippen LogP) is 5.62. The summed E-state index contributed by atoms with van der Waals surface area (Å²) in [6.45, 7) is 4.41. The topological polar surface area (TPSA) is 17.1 Å². The Kier molecular flexibility index (Phi) is 12.0. The Hall–Kier alpha value is -0.300. The number of hydrogen-bond donors (Lipinski definition) is 0. The first kappa shape index (κ1) is 16.7. The van der Waals surface area contributed by atoms with E-state index in [1.54, 1.807) is 6.08 Å². The fourth-order valence-corrected chi connectivity index (χ4v) is 2.12. The van der Waals surface area contributed by atoms with Gasteiger partial charge in [0.05, 0.1) is 0 Å².